The van der Waals surface area contributed by atoms with Crippen LogP contribution in [0.5, 0.6) is 11.5 Å². The van der Waals surface area contributed by atoms with Gasteiger partial charge in [0.05, 0.1) is 12.2 Å². The molecule has 1 atom stereocenters. The molecule has 1 amide bonds. The molecule has 6 nitrogen and oxygen atoms in total. The molecule has 1 fully saturated rings. The Hall–Kier alpha value is -2.51. The van der Waals surface area contributed by atoms with E-state index in [1.165, 1.54) is 18.3 Å². The van der Waals surface area contributed by atoms with Crippen molar-refractivity contribution in [3.05, 3.63) is 48.4 Å². The highest BCUT2D eigenvalue weighted by Crippen LogP contribution is 2.22. The summed E-state index contributed by atoms with van der Waals surface area (Å²) >= 11 is 0. The van der Waals surface area contributed by atoms with Gasteiger partial charge in [-0.05, 0) is 57.2 Å². The molecule has 0 bridgehead atoms. The van der Waals surface area contributed by atoms with Crippen molar-refractivity contribution >= 4 is 11.7 Å². The first kappa shape index (κ1) is 19.3. The third-order valence-electron chi connectivity index (χ3n) is 4.57. The number of pyridine rings is 1. The Kier molecular flexibility index (Phi) is 5.72. The number of hydrogen-bond acceptors (Lipinski definition) is 5. The minimum atomic E-state index is -0.319. The molecule has 1 aromatic carbocycles. The maximum atomic E-state index is 12.9. The van der Waals surface area contributed by atoms with Crippen molar-refractivity contribution in [1.29, 1.82) is 0 Å². The highest BCUT2D eigenvalue weighted by molar-refractivity contribution is 5.93. The number of halogens is 1. The number of hydrogen-bond donors (Lipinski definition) is 2. The van der Waals surface area contributed by atoms with Crippen LogP contribution in [0.1, 0.15) is 20.8 Å². The van der Waals surface area contributed by atoms with Crippen LogP contribution in [0.15, 0.2) is 42.6 Å². The monoisotopic (exact) mass is 372 g/mol. The van der Waals surface area contributed by atoms with Gasteiger partial charge < -0.3 is 15.4 Å². The van der Waals surface area contributed by atoms with Crippen LogP contribution in [0.25, 0.3) is 0 Å². The van der Waals surface area contributed by atoms with Gasteiger partial charge in [-0.2, -0.15) is 0 Å². The van der Waals surface area contributed by atoms with Crippen LogP contribution in [0.4, 0.5) is 10.2 Å². The Bertz CT molecular complexity index is 778. The number of anilines is 1. The van der Waals surface area contributed by atoms with Crippen molar-refractivity contribution in [2.24, 2.45) is 0 Å². The van der Waals surface area contributed by atoms with Crippen LogP contribution in [0, 0.1) is 5.82 Å². The molecule has 1 aliphatic rings. The van der Waals surface area contributed by atoms with Crippen molar-refractivity contribution in [3.8, 4) is 11.5 Å². The number of benzene rings is 1. The number of carbonyl (C=O) groups is 1. The topological polar surface area (TPSA) is 66.5 Å². The van der Waals surface area contributed by atoms with E-state index < -0.39 is 0 Å². The third-order valence-corrected chi connectivity index (χ3v) is 4.57. The zero-order valence-electron chi connectivity index (χ0n) is 15.8. The van der Waals surface area contributed by atoms with E-state index in [9.17, 15) is 9.18 Å². The van der Waals surface area contributed by atoms with Gasteiger partial charge in [-0.25, -0.2) is 9.37 Å². The number of ether oxygens (including phenoxy) is 1. The Labute approximate surface area is 158 Å². The lowest BCUT2D eigenvalue weighted by atomic mass is 10.0. The van der Waals surface area contributed by atoms with E-state index in [1.54, 1.807) is 24.3 Å². The van der Waals surface area contributed by atoms with Crippen molar-refractivity contribution in [2.45, 2.75) is 32.4 Å². The molecule has 2 aromatic rings. The molecule has 1 saturated heterocycles. The smallest absolute Gasteiger partial charge is 0.242 e. The Morgan fingerprint density at radius 1 is 1.26 bits per heavy atom. The molecule has 0 spiro atoms. The van der Waals surface area contributed by atoms with Gasteiger partial charge in [0.2, 0.25) is 5.91 Å². The molecule has 0 radical (unpaired) electrons. The fourth-order valence-electron chi connectivity index (χ4n) is 3.06. The van der Waals surface area contributed by atoms with Crippen molar-refractivity contribution in [3.63, 3.8) is 0 Å². The van der Waals surface area contributed by atoms with Gasteiger partial charge in [0.1, 0.15) is 23.1 Å². The van der Waals surface area contributed by atoms with Gasteiger partial charge in [0, 0.05) is 25.2 Å². The fraction of sp³-hybridized carbons (Fsp3) is 0.400. The number of carbonyl (C=O) groups excluding carboxylic acids is 1. The van der Waals surface area contributed by atoms with E-state index in [0.29, 0.717) is 17.3 Å². The average molecular weight is 372 g/mol. The first-order valence-electron chi connectivity index (χ1n) is 9.02. The first-order chi connectivity index (χ1) is 12.8. The van der Waals surface area contributed by atoms with Crippen LogP contribution >= 0.6 is 0 Å². The summed E-state index contributed by atoms with van der Waals surface area (Å²) < 4.78 is 18.5. The first-order valence-corrected chi connectivity index (χ1v) is 9.02. The molecule has 144 valence electrons. The lowest BCUT2D eigenvalue weighted by Gasteiger charge is -2.41. The van der Waals surface area contributed by atoms with Crippen LogP contribution in [0.2, 0.25) is 0 Å². The quantitative estimate of drug-likeness (QED) is 0.845. The molecule has 0 saturated carbocycles. The van der Waals surface area contributed by atoms with Crippen molar-refractivity contribution in [2.75, 3.05) is 25.0 Å². The molecule has 7 heteroatoms. The van der Waals surface area contributed by atoms with E-state index in [1.807, 2.05) is 6.92 Å². The van der Waals surface area contributed by atoms with E-state index in [4.69, 9.17) is 4.74 Å². The Balaban J connectivity index is 1.57. The number of piperazine rings is 1. The van der Waals surface area contributed by atoms with E-state index >= 15 is 0 Å². The summed E-state index contributed by atoms with van der Waals surface area (Å²) in [4.78, 5) is 18.9. The van der Waals surface area contributed by atoms with E-state index in [2.05, 4.69) is 34.4 Å². The Morgan fingerprint density at radius 2 is 1.96 bits per heavy atom. The van der Waals surface area contributed by atoms with Gasteiger partial charge in [-0.1, -0.05) is 0 Å². The molecular weight excluding hydrogens is 347 g/mol. The maximum Gasteiger partial charge on any atom is 0.242 e. The maximum absolute atomic E-state index is 12.9. The number of rotatable bonds is 5. The van der Waals surface area contributed by atoms with Gasteiger partial charge in [-0.3, -0.25) is 9.69 Å². The molecular formula is C20H25FN4O2. The summed E-state index contributed by atoms with van der Waals surface area (Å²) in [7, 11) is 0. The van der Waals surface area contributed by atoms with Gasteiger partial charge in [0.15, 0.2) is 0 Å². The highest BCUT2D eigenvalue weighted by Gasteiger charge is 2.31. The summed E-state index contributed by atoms with van der Waals surface area (Å²) in [6.07, 6.45) is 1.53. The second-order valence-corrected chi connectivity index (χ2v) is 7.38. The zero-order chi connectivity index (χ0) is 19.4. The van der Waals surface area contributed by atoms with E-state index in [0.717, 1.165) is 19.6 Å². The normalized spacial score (nSPS) is 17.9. The Morgan fingerprint density at radius 3 is 2.59 bits per heavy atom. The number of amides is 1. The summed E-state index contributed by atoms with van der Waals surface area (Å²) in [5.41, 5.74) is -0.00954. The van der Waals surface area contributed by atoms with Gasteiger partial charge in [-0.15, -0.1) is 0 Å². The highest BCUT2D eigenvalue weighted by atomic mass is 19.1. The molecule has 2 heterocycles. The third kappa shape index (κ3) is 5.24. The zero-order valence-corrected chi connectivity index (χ0v) is 15.8. The molecule has 2 N–H and O–H groups in total. The second kappa shape index (κ2) is 8.02. The van der Waals surface area contributed by atoms with Crippen LogP contribution in [-0.4, -0.2) is 47.0 Å². The molecule has 27 heavy (non-hydrogen) atoms. The minimum Gasteiger partial charge on any atom is -0.456 e. The summed E-state index contributed by atoms with van der Waals surface area (Å²) in [5.74, 6) is 1.09. The van der Waals surface area contributed by atoms with Crippen molar-refractivity contribution in [1.82, 2.24) is 15.2 Å². The largest absolute Gasteiger partial charge is 0.456 e. The second-order valence-electron chi connectivity index (χ2n) is 7.38. The number of nitrogens with zero attached hydrogens (tertiary/aromatic N) is 2. The fourth-order valence-corrected chi connectivity index (χ4v) is 3.06. The summed E-state index contributed by atoms with van der Waals surface area (Å²) in [5, 5.41) is 6.29. The molecule has 1 unspecified atom stereocenters. The van der Waals surface area contributed by atoms with Crippen LogP contribution in [0.3, 0.4) is 0 Å². The van der Waals surface area contributed by atoms with Crippen LogP contribution in [-0.2, 0) is 4.79 Å². The summed E-state index contributed by atoms with van der Waals surface area (Å²) in [6.45, 7) is 8.66. The standard InChI is InChI=1S/C20H25FN4O2/c1-14(25-11-10-23-20(2,3)13-25)19(26)24-18-9-8-17(12-22-18)27-16-6-4-15(21)5-7-16/h4-9,12,14,23H,10-11,13H2,1-3H3,(H,22,24,26). The number of nitrogens with one attached hydrogen (secondary N) is 2. The van der Waals surface area contributed by atoms with Crippen molar-refractivity contribution < 1.29 is 13.9 Å². The predicted molar refractivity (Wildman–Crippen MR) is 102 cm³/mol. The SMILES string of the molecule is CC(C(=O)Nc1ccc(Oc2ccc(F)cc2)cn1)N1CCNC(C)(C)C1. The average Bonchev–Trinajstić information content (AvgIpc) is 2.63. The molecule has 1 aliphatic heterocycles. The lowest BCUT2D eigenvalue weighted by molar-refractivity contribution is -0.121. The minimum absolute atomic E-state index is 0.00954. The molecule has 1 aromatic heterocycles. The van der Waals surface area contributed by atoms with Gasteiger partial charge >= 0.3 is 0 Å². The van der Waals surface area contributed by atoms with Gasteiger partial charge in [0.25, 0.3) is 0 Å². The summed E-state index contributed by atoms with van der Waals surface area (Å²) in [6, 6.07) is 8.90. The lowest BCUT2D eigenvalue weighted by Crippen LogP contribution is -2.60. The predicted octanol–water partition coefficient (Wildman–Crippen LogP) is 3.02. The molecule has 3 rings (SSSR count). The number of aromatic nitrogens is 1. The van der Waals surface area contributed by atoms with Crippen LogP contribution < -0.4 is 15.4 Å². The molecule has 0 aliphatic carbocycles. The van der Waals surface area contributed by atoms with E-state index in [-0.39, 0.29) is 23.3 Å².